The van der Waals surface area contributed by atoms with Gasteiger partial charge < -0.3 is 5.11 Å². The Morgan fingerprint density at radius 1 is 1.75 bits per heavy atom. The van der Waals surface area contributed by atoms with Gasteiger partial charge in [0.15, 0.2) is 0 Å². The molecular weight excluding hydrogens is 215 g/mol. The molecule has 0 heterocycles. The van der Waals surface area contributed by atoms with Crippen molar-refractivity contribution >= 4 is 22.6 Å². The van der Waals surface area contributed by atoms with E-state index in [2.05, 4.69) is 22.6 Å². The first kappa shape index (κ1) is 6.81. The maximum Gasteiger partial charge on any atom is 0.0736 e. The molecule has 1 aliphatic carbocycles. The number of hydrogen-bond donors (Lipinski definition) is 1. The van der Waals surface area contributed by atoms with Crippen molar-refractivity contribution < 1.29 is 5.11 Å². The van der Waals surface area contributed by atoms with Crippen molar-refractivity contribution in [1.82, 2.24) is 0 Å². The molecule has 1 unspecified atom stereocenters. The lowest BCUT2D eigenvalue weighted by Crippen LogP contribution is -2.28. The van der Waals surface area contributed by atoms with Crippen molar-refractivity contribution in [2.24, 2.45) is 5.92 Å². The molecule has 0 saturated heterocycles. The molecule has 1 fully saturated rings. The minimum absolute atomic E-state index is 0.361. The molecule has 1 atom stereocenters. The first-order chi connectivity index (χ1) is 3.67. The summed E-state index contributed by atoms with van der Waals surface area (Å²) < 4.78 is 0.870. The van der Waals surface area contributed by atoms with Crippen LogP contribution in [0.4, 0.5) is 0 Å². The summed E-state index contributed by atoms with van der Waals surface area (Å²) in [4.78, 5) is 0. The second-order valence-corrected chi connectivity index (χ2v) is 3.53. The van der Waals surface area contributed by atoms with E-state index < -0.39 is 0 Å². The smallest absolute Gasteiger partial charge is 0.0736 e. The Morgan fingerprint density at radius 3 is 2.38 bits per heavy atom. The zero-order valence-corrected chi connectivity index (χ0v) is 7.18. The minimum Gasteiger partial charge on any atom is -0.389 e. The van der Waals surface area contributed by atoms with E-state index in [9.17, 15) is 5.11 Å². The summed E-state index contributed by atoms with van der Waals surface area (Å²) in [6.07, 6.45) is 2.46. The van der Waals surface area contributed by atoms with Crippen LogP contribution in [0.1, 0.15) is 19.8 Å². The molecule has 0 aromatic heterocycles. The fourth-order valence-electron chi connectivity index (χ4n) is 0.814. The van der Waals surface area contributed by atoms with Gasteiger partial charge in [0.25, 0.3) is 0 Å². The van der Waals surface area contributed by atoms with Crippen molar-refractivity contribution in [3.05, 3.63) is 0 Å². The average Bonchev–Trinajstić information content (AvgIpc) is 2.44. The molecule has 1 aliphatic rings. The van der Waals surface area contributed by atoms with Crippen LogP contribution < -0.4 is 0 Å². The van der Waals surface area contributed by atoms with E-state index in [1.54, 1.807) is 0 Å². The van der Waals surface area contributed by atoms with Crippen molar-refractivity contribution in [3.63, 3.8) is 0 Å². The molecule has 0 aromatic carbocycles. The lowest BCUT2D eigenvalue weighted by atomic mass is 10.0. The summed E-state index contributed by atoms with van der Waals surface area (Å²) in [7, 11) is 0. The summed E-state index contributed by atoms with van der Waals surface area (Å²) in [5.41, 5.74) is -0.361. The van der Waals surface area contributed by atoms with Gasteiger partial charge in [0, 0.05) is 4.43 Å². The molecule has 0 radical (unpaired) electrons. The summed E-state index contributed by atoms with van der Waals surface area (Å²) in [5.74, 6) is 0.611. The van der Waals surface area contributed by atoms with Crippen molar-refractivity contribution in [2.75, 3.05) is 4.43 Å². The third-order valence-electron chi connectivity index (χ3n) is 1.73. The van der Waals surface area contributed by atoms with E-state index in [-0.39, 0.29) is 5.60 Å². The molecule has 0 spiro atoms. The Morgan fingerprint density at radius 2 is 2.25 bits per heavy atom. The van der Waals surface area contributed by atoms with Crippen molar-refractivity contribution in [3.8, 4) is 0 Å². The lowest BCUT2D eigenvalue weighted by molar-refractivity contribution is 0.0650. The molecule has 1 rings (SSSR count). The van der Waals surface area contributed by atoms with E-state index in [4.69, 9.17) is 0 Å². The highest BCUT2D eigenvalue weighted by atomic mass is 127. The average molecular weight is 226 g/mol. The standard InChI is InChI=1S/C6H11IO/c1-6(8,4-7)5-2-3-5/h5,8H,2-4H2,1H3. The maximum absolute atomic E-state index is 9.46. The molecular formula is C6H11IO. The predicted molar refractivity (Wildman–Crippen MR) is 42.2 cm³/mol. The Kier molecular flexibility index (Phi) is 1.82. The fourth-order valence-corrected chi connectivity index (χ4v) is 1.44. The van der Waals surface area contributed by atoms with Gasteiger partial charge in [-0.25, -0.2) is 0 Å². The Labute approximate surface area is 63.6 Å². The molecule has 2 heteroatoms. The highest BCUT2D eigenvalue weighted by Gasteiger charge is 2.38. The molecule has 0 aromatic rings. The quantitative estimate of drug-likeness (QED) is 0.559. The zero-order chi connectivity index (χ0) is 6.20. The molecule has 0 bridgehead atoms. The first-order valence-corrected chi connectivity index (χ1v) is 4.48. The van der Waals surface area contributed by atoms with E-state index in [0.717, 1.165) is 4.43 Å². The van der Waals surface area contributed by atoms with Gasteiger partial charge in [0.1, 0.15) is 0 Å². The highest BCUT2D eigenvalue weighted by molar-refractivity contribution is 14.1. The third-order valence-corrected chi connectivity index (χ3v) is 3.27. The molecule has 1 saturated carbocycles. The van der Waals surface area contributed by atoms with E-state index in [0.29, 0.717) is 5.92 Å². The minimum atomic E-state index is -0.361. The fraction of sp³-hybridized carbons (Fsp3) is 1.00. The van der Waals surface area contributed by atoms with Gasteiger partial charge in [0.2, 0.25) is 0 Å². The number of halogens is 1. The van der Waals surface area contributed by atoms with Crippen LogP contribution in [-0.4, -0.2) is 15.1 Å². The Balaban J connectivity index is 2.37. The molecule has 0 amide bonds. The first-order valence-electron chi connectivity index (χ1n) is 2.95. The molecule has 1 N–H and O–H groups in total. The topological polar surface area (TPSA) is 20.2 Å². The van der Waals surface area contributed by atoms with Gasteiger partial charge in [-0.1, -0.05) is 22.6 Å². The van der Waals surface area contributed by atoms with E-state index in [1.165, 1.54) is 12.8 Å². The van der Waals surface area contributed by atoms with Crippen molar-refractivity contribution in [1.29, 1.82) is 0 Å². The van der Waals surface area contributed by atoms with Gasteiger partial charge >= 0.3 is 0 Å². The summed E-state index contributed by atoms with van der Waals surface area (Å²) in [6.45, 7) is 1.93. The summed E-state index contributed by atoms with van der Waals surface area (Å²) >= 11 is 2.24. The van der Waals surface area contributed by atoms with Gasteiger partial charge in [-0.15, -0.1) is 0 Å². The predicted octanol–water partition coefficient (Wildman–Crippen LogP) is 1.58. The third kappa shape index (κ3) is 1.35. The van der Waals surface area contributed by atoms with Gasteiger partial charge in [-0.05, 0) is 25.7 Å². The highest BCUT2D eigenvalue weighted by Crippen LogP contribution is 2.40. The summed E-state index contributed by atoms with van der Waals surface area (Å²) in [5, 5.41) is 9.46. The molecule has 8 heavy (non-hydrogen) atoms. The Hall–Kier alpha value is 0.690. The lowest BCUT2D eigenvalue weighted by Gasteiger charge is -2.18. The van der Waals surface area contributed by atoms with E-state index in [1.807, 2.05) is 6.92 Å². The molecule has 48 valence electrons. The largest absolute Gasteiger partial charge is 0.389 e. The second kappa shape index (κ2) is 2.14. The van der Waals surface area contributed by atoms with Crippen LogP contribution in [0.15, 0.2) is 0 Å². The molecule has 0 aliphatic heterocycles. The maximum atomic E-state index is 9.46. The number of hydrogen-bond acceptors (Lipinski definition) is 1. The number of alkyl halides is 1. The van der Waals surface area contributed by atoms with Crippen LogP contribution in [0.3, 0.4) is 0 Å². The van der Waals surface area contributed by atoms with Gasteiger partial charge in [-0.3, -0.25) is 0 Å². The second-order valence-electron chi connectivity index (χ2n) is 2.77. The van der Waals surface area contributed by atoms with E-state index >= 15 is 0 Å². The summed E-state index contributed by atoms with van der Waals surface area (Å²) in [6, 6.07) is 0. The van der Waals surface area contributed by atoms with Crippen molar-refractivity contribution in [2.45, 2.75) is 25.4 Å². The zero-order valence-electron chi connectivity index (χ0n) is 5.02. The van der Waals surface area contributed by atoms with Crippen LogP contribution in [0, 0.1) is 5.92 Å². The van der Waals surface area contributed by atoms with Crippen LogP contribution >= 0.6 is 22.6 Å². The number of rotatable bonds is 2. The van der Waals surface area contributed by atoms with Crippen LogP contribution in [-0.2, 0) is 0 Å². The normalized spacial score (nSPS) is 27.4. The SMILES string of the molecule is CC(O)(CI)C1CC1. The Bertz CT molecular complexity index is 86.5. The van der Waals surface area contributed by atoms with Crippen LogP contribution in [0.5, 0.6) is 0 Å². The van der Waals surface area contributed by atoms with Crippen LogP contribution in [0.25, 0.3) is 0 Å². The molecule has 1 nitrogen and oxygen atoms in total. The monoisotopic (exact) mass is 226 g/mol. The van der Waals surface area contributed by atoms with Crippen LogP contribution in [0.2, 0.25) is 0 Å². The van der Waals surface area contributed by atoms with Gasteiger partial charge in [-0.2, -0.15) is 0 Å². The number of aliphatic hydroxyl groups is 1. The van der Waals surface area contributed by atoms with Gasteiger partial charge in [0.05, 0.1) is 5.60 Å².